The fourth-order valence-electron chi connectivity index (χ4n) is 4.21. The lowest BCUT2D eigenvalue weighted by molar-refractivity contribution is -0.385. The van der Waals surface area contributed by atoms with Crippen LogP contribution in [0.15, 0.2) is 35.2 Å². The highest BCUT2D eigenvalue weighted by molar-refractivity contribution is 9.09. The summed E-state index contributed by atoms with van der Waals surface area (Å²) in [6.45, 7) is 1.48. The number of benzene rings is 2. The lowest BCUT2D eigenvalue weighted by Crippen LogP contribution is -2.42. The third-order valence-electron chi connectivity index (χ3n) is 5.57. The largest absolute Gasteiger partial charge is 0.333 e. The maximum absolute atomic E-state index is 14.8. The van der Waals surface area contributed by atoms with E-state index in [2.05, 4.69) is 37.8 Å². The van der Waals surface area contributed by atoms with Gasteiger partial charge in [-0.05, 0) is 23.6 Å². The summed E-state index contributed by atoms with van der Waals surface area (Å²) in [5, 5.41) is 13.3. The quantitative estimate of drug-likeness (QED) is 0.169. The summed E-state index contributed by atoms with van der Waals surface area (Å²) in [5.41, 5.74) is 2.90. The highest BCUT2D eigenvalue weighted by atomic mass is 79.9. The van der Waals surface area contributed by atoms with E-state index in [4.69, 9.17) is 18.0 Å². The smallest absolute Gasteiger partial charge is 0.272 e. The van der Waals surface area contributed by atoms with Crippen molar-refractivity contribution in [2.24, 2.45) is 0 Å². The molecule has 0 spiro atoms. The normalized spacial score (nSPS) is 20.3. The Labute approximate surface area is 203 Å². The van der Waals surface area contributed by atoms with Gasteiger partial charge in [0.05, 0.1) is 36.1 Å². The van der Waals surface area contributed by atoms with Gasteiger partial charge in [-0.25, -0.2) is 8.51 Å². The molecule has 0 aromatic heterocycles. The standard InChI is InChI=1S/C21H18Br2ClN3O3S/c1-2-14-10-16(27(28)29)11-19-21(14)26(9-7-22)20(12-23)31(19,30)25-8-6-17-15(13-25)4-3-5-18(17)24/h1,3-5,10-11H,6-9,12-13H2. The third-order valence-corrected chi connectivity index (χ3v) is 10.1. The Morgan fingerprint density at radius 2 is 2.10 bits per heavy atom. The molecule has 4 rings (SSSR count). The molecule has 2 aliphatic rings. The van der Waals surface area contributed by atoms with E-state index < -0.39 is 14.6 Å². The van der Waals surface area contributed by atoms with E-state index in [1.54, 1.807) is 0 Å². The van der Waals surface area contributed by atoms with Gasteiger partial charge in [-0.15, -0.1) is 6.42 Å². The number of non-ortho nitro benzene ring substituents is 1. The molecule has 0 saturated heterocycles. The van der Waals surface area contributed by atoms with Gasteiger partial charge in [0.15, 0.2) is 0 Å². The lowest BCUT2D eigenvalue weighted by Gasteiger charge is -2.32. The molecule has 2 heterocycles. The molecule has 162 valence electrons. The van der Waals surface area contributed by atoms with E-state index >= 15 is 0 Å². The van der Waals surface area contributed by atoms with Crippen molar-refractivity contribution in [3.05, 3.63) is 62.2 Å². The lowest BCUT2D eigenvalue weighted by atomic mass is 10.0. The summed E-state index contributed by atoms with van der Waals surface area (Å²) in [4.78, 5) is 14.1. The van der Waals surface area contributed by atoms with Gasteiger partial charge in [0.1, 0.15) is 4.99 Å². The average molecular weight is 588 g/mol. The minimum absolute atomic E-state index is 0.158. The van der Waals surface area contributed by atoms with E-state index in [1.807, 2.05) is 27.4 Å². The van der Waals surface area contributed by atoms with Gasteiger partial charge in [-0.3, -0.25) is 10.1 Å². The Morgan fingerprint density at radius 3 is 2.74 bits per heavy atom. The number of hydrogen-bond donors (Lipinski definition) is 0. The van der Waals surface area contributed by atoms with Crippen molar-refractivity contribution in [1.82, 2.24) is 4.31 Å². The topological polar surface area (TPSA) is 66.7 Å². The third kappa shape index (κ3) is 3.58. The van der Waals surface area contributed by atoms with Crippen molar-refractivity contribution >= 4 is 69.5 Å². The van der Waals surface area contributed by atoms with E-state index in [1.165, 1.54) is 12.1 Å². The molecule has 0 fully saturated rings. The Bertz CT molecular complexity index is 1250. The second-order valence-corrected chi connectivity index (χ2v) is 11.4. The molecule has 2 aromatic carbocycles. The van der Waals surface area contributed by atoms with Crippen LogP contribution in [0.2, 0.25) is 5.02 Å². The van der Waals surface area contributed by atoms with Crippen molar-refractivity contribution in [2.75, 3.05) is 28.6 Å². The van der Waals surface area contributed by atoms with Crippen LogP contribution in [0.5, 0.6) is 0 Å². The molecule has 2 aliphatic heterocycles. The average Bonchev–Trinajstić information content (AvgIpc) is 3.01. The molecule has 0 bridgehead atoms. The number of hydrogen-bond acceptors (Lipinski definition) is 4. The number of terminal acetylenes is 1. The van der Waals surface area contributed by atoms with Crippen LogP contribution in [0.25, 0.3) is 0 Å². The first kappa shape index (κ1) is 22.6. The molecule has 10 heteroatoms. The number of nitro groups is 1. The molecule has 2 aromatic rings. The van der Waals surface area contributed by atoms with E-state index in [9.17, 15) is 14.3 Å². The highest BCUT2D eigenvalue weighted by Crippen LogP contribution is 2.43. The summed E-state index contributed by atoms with van der Waals surface area (Å²) in [5.74, 6) is 2.57. The van der Waals surface area contributed by atoms with E-state index in [-0.39, 0.29) is 5.69 Å². The number of halogens is 3. The molecule has 1 unspecified atom stereocenters. The molecular formula is C21H18Br2ClN3O3S. The molecule has 0 N–H and O–H groups in total. The van der Waals surface area contributed by atoms with Crippen LogP contribution in [0.1, 0.15) is 16.7 Å². The Kier molecular flexibility index (Phi) is 6.39. The first-order chi connectivity index (χ1) is 14.9. The zero-order valence-corrected chi connectivity index (χ0v) is 21.1. The van der Waals surface area contributed by atoms with Crippen molar-refractivity contribution < 1.29 is 9.13 Å². The van der Waals surface area contributed by atoms with Crippen molar-refractivity contribution in [3.8, 4) is 12.3 Å². The second kappa shape index (κ2) is 8.75. The SMILES string of the molecule is C#Cc1cc([N+](=O)[O-])cc2c1N(CCBr)C(CBr)=S2(=O)N1CCc2c(Cl)cccc2C1. The summed E-state index contributed by atoms with van der Waals surface area (Å²) in [7, 11) is -2.96. The summed E-state index contributed by atoms with van der Waals surface area (Å²) in [6.07, 6.45) is 6.38. The minimum Gasteiger partial charge on any atom is -0.333 e. The maximum Gasteiger partial charge on any atom is 0.272 e. The summed E-state index contributed by atoms with van der Waals surface area (Å²) >= 11 is 13.4. The van der Waals surface area contributed by atoms with Gasteiger partial charge >= 0.3 is 0 Å². The zero-order chi connectivity index (χ0) is 22.3. The highest BCUT2D eigenvalue weighted by Gasteiger charge is 2.41. The molecule has 0 aliphatic carbocycles. The number of rotatable bonds is 5. The van der Waals surface area contributed by atoms with Crippen LogP contribution < -0.4 is 4.90 Å². The Balaban J connectivity index is 1.97. The van der Waals surface area contributed by atoms with Crippen molar-refractivity contribution in [1.29, 1.82) is 0 Å². The number of nitro benzene ring substituents is 1. The fraction of sp³-hybridized carbons (Fsp3) is 0.286. The summed E-state index contributed by atoms with van der Waals surface area (Å²) in [6, 6.07) is 8.52. The molecule has 0 saturated carbocycles. The van der Waals surface area contributed by atoms with Crippen LogP contribution in [-0.4, -0.2) is 42.2 Å². The van der Waals surface area contributed by atoms with Crippen molar-refractivity contribution in [3.63, 3.8) is 0 Å². The molecule has 31 heavy (non-hydrogen) atoms. The van der Waals surface area contributed by atoms with Gasteiger partial charge in [-0.1, -0.05) is 61.5 Å². The van der Waals surface area contributed by atoms with E-state index in [0.717, 1.165) is 11.1 Å². The van der Waals surface area contributed by atoms with Gasteiger partial charge < -0.3 is 4.90 Å². The first-order valence-electron chi connectivity index (χ1n) is 9.46. The fourth-order valence-corrected chi connectivity index (χ4v) is 8.98. The van der Waals surface area contributed by atoms with E-state index in [0.29, 0.717) is 62.9 Å². The Morgan fingerprint density at radius 1 is 1.32 bits per heavy atom. The van der Waals surface area contributed by atoms with Crippen LogP contribution in [-0.2, 0) is 22.7 Å². The number of alkyl halides is 2. The van der Waals surface area contributed by atoms with Crippen LogP contribution >= 0.6 is 43.5 Å². The van der Waals surface area contributed by atoms with Crippen LogP contribution in [0.4, 0.5) is 11.4 Å². The van der Waals surface area contributed by atoms with Gasteiger partial charge in [0, 0.05) is 42.1 Å². The van der Waals surface area contributed by atoms with Gasteiger partial charge in [0.2, 0.25) is 0 Å². The zero-order valence-electron chi connectivity index (χ0n) is 16.3. The maximum atomic E-state index is 14.8. The molecule has 1 atom stereocenters. The molecular weight excluding hydrogens is 570 g/mol. The predicted molar refractivity (Wildman–Crippen MR) is 133 cm³/mol. The second-order valence-electron chi connectivity index (χ2n) is 7.13. The minimum atomic E-state index is -2.96. The van der Waals surface area contributed by atoms with Crippen molar-refractivity contribution in [2.45, 2.75) is 17.9 Å². The monoisotopic (exact) mass is 585 g/mol. The number of nitrogens with zero attached hydrogens (tertiary/aromatic N) is 3. The number of fused-ring (bicyclic) bond motifs is 2. The molecule has 0 amide bonds. The van der Waals surface area contributed by atoms with Crippen LogP contribution in [0.3, 0.4) is 0 Å². The number of anilines is 1. The predicted octanol–water partition coefficient (Wildman–Crippen LogP) is 4.59. The first-order valence-corrected chi connectivity index (χ1v) is 13.6. The molecule has 0 radical (unpaired) electrons. The van der Waals surface area contributed by atoms with Gasteiger partial charge in [-0.2, -0.15) is 0 Å². The Hall–Kier alpha value is -1.57. The van der Waals surface area contributed by atoms with Gasteiger partial charge in [0.25, 0.3) is 5.69 Å². The summed E-state index contributed by atoms with van der Waals surface area (Å²) < 4.78 is 16.7. The molecule has 6 nitrogen and oxygen atoms in total. The van der Waals surface area contributed by atoms with Crippen LogP contribution in [0, 0.1) is 22.5 Å².